The molecule has 0 radical (unpaired) electrons. The van der Waals surface area contributed by atoms with Crippen LogP contribution < -0.4 is 5.73 Å². The van der Waals surface area contributed by atoms with E-state index in [4.69, 9.17) is 5.73 Å². The van der Waals surface area contributed by atoms with Crippen LogP contribution >= 0.6 is 0 Å². The molecular formula is C10H12F3N3. The third-order valence-corrected chi connectivity index (χ3v) is 2.87. The molecule has 88 valence electrons. The number of allylic oxidation sites excluding steroid dienone is 2. The van der Waals surface area contributed by atoms with E-state index in [2.05, 4.69) is 5.10 Å². The second-order valence-corrected chi connectivity index (χ2v) is 4.07. The quantitative estimate of drug-likeness (QED) is 0.754. The Hall–Kier alpha value is -1.46. The van der Waals surface area contributed by atoms with Crippen molar-refractivity contribution in [2.45, 2.75) is 26.1 Å². The average Bonchev–Trinajstić information content (AvgIpc) is 2.40. The number of aryl methyl sites for hydroxylation is 1. The number of anilines is 1. The van der Waals surface area contributed by atoms with Crippen molar-refractivity contribution in [1.29, 1.82) is 0 Å². The molecule has 16 heavy (non-hydrogen) atoms. The van der Waals surface area contributed by atoms with E-state index in [1.165, 1.54) is 17.0 Å². The van der Waals surface area contributed by atoms with Crippen LogP contribution in [0.25, 0.3) is 0 Å². The van der Waals surface area contributed by atoms with Gasteiger partial charge in [0.1, 0.15) is 0 Å². The number of nitrogens with two attached hydrogens (primary N) is 1. The van der Waals surface area contributed by atoms with E-state index in [-0.39, 0.29) is 0 Å². The molecule has 0 bridgehead atoms. The van der Waals surface area contributed by atoms with Crippen LogP contribution in [0.15, 0.2) is 17.8 Å². The molecule has 2 atom stereocenters. The summed E-state index contributed by atoms with van der Waals surface area (Å²) in [6.07, 6.45) is -1.55. The molecule has 1 aliphatic carbocycles. The van der Waals surface area contributed by atoms with Crippen molar-refractivity contribution < 1.29 is 13.2 Å². The summed E-state index contributed by atoms with van der Waals surface area (Å²) >= 11 is 0. The lowest BCUT2D eigenvalue weighted by atomic mass is 9.81. The highest BCUT2D eigenvalue weighted by molar-refractivity contribution is 5.40. The zero-order chi connectivity index (χ0) is 12.1. The van der Waals surface area contributed by atoms with Gasteiger partial charge in [-0.05, 0) is 13.8 Å². The summed E-state index contributed by atoms with van der Waals surface area (Å²) in [6, 6.07) is -0.740. The van der Waals surface area contributed by atoms with Gasteiger partial charge in [-0.25, -0.2) is 0 Å². The lowest BCUT2D eigenvalue weighted by Gasteiger charge is -2.35. The molecule has 0 aliphatic heterocycles. The Morgan fingerprint density at radius 3 is 2.38 bits per heavy atom. The molecule has 0 spiro atoms. The molecular weight excluding hydrogens is 219 g/mol. The van der Waals surface area contributed by atoms with Crippen molar-refractivity contribution in [3.05, 3.63) is 23.5 Å². The molecule has 2 rings (SSSR count). The third-order valence-electron chi connectivity index (χ3n) is 2.87. The van der Waals surface area contributed by atoms with Crippen molar-refractivity contribution in [3.63, 3.8) is 0 Å². The van der Waals surface area contributed by atoms with Gasteiger partial charge in [-0.1, -0.05) is 11.6 Å². The molecule has 0 fully saturated rings. The predicted octanol–water partition coefficient (Wildman–Crippen LogP) is 2.45. The number of halogens is 3. The first-order valence-electron chi connectivity index (χ1n) is 4.87. The Morgan fingerprint density at radius 2 is 2.00 bits per heavy atom. The van der Waals surface area contributed by atoms with Gasteiger partial charge in [-0.15, -0.1) is 0 Å². The van der Waals surface area contributed by atoms with Crippen LogP contribution in [0.4, 0.5) is 18.9 Å². The lowest BCUT2D eigenvalue weighted by molar-refractivity contribution is -0.176. The summed E-state index contributed by atoms with van der Waals surface area (Å²) in [6.45, 7) is 3.34. The van der Waals surface area contributed by atoms with Crippen LogP contribution in [-0.4, -0.2) is 16.0 Å². The first kappa shape index (κ1) is 11.0. The maximum Gasteiger partial charge on any atom is 0.397 e. The van der Waals surface area contributed by atoms with E-state index in [9.17, 15) is 13.2 Å². The zero-order valence-corrected chi connectivity index (χ0v) is 8.92. The lowest BCUT2D eigenvalue weighted by Crippen LogP contribution is -2.38. The van der Waals surface area contributed by atoms with Crippen molar-refractivity contribution in [1.82, 2.24) is 9.78 Å². The molecule has 1 unspecified atom stereocenters. The second-order valence-electron chi connectivity index (χ2n) is 4.07. The Balaban J connectivity index is 2.32. The Bertz CT molecular complexity index is 425. The normalized spacial score (nSPS) is 25.2. The summed E-state index contributed by atoms with van der Waals surface area (Å²) < 4.78 is 39.1. The van der Waals surface area contributed by atoms with Gasteiger partial charge in [0.25, 0.3) is 0 Å². The van der Waals surface area contributed by atoms with Crippen LogP contribution in [0, 0.1) is 12.8 Å². The van der Waals surface area contributed by atoms with Gasteiger partial charge in [-0.3, -0.25) is 4.68 Å². The van der Waals surface area contributed by atoms with Gasteiger partial charge in [-0.2, -0.15) is 18.3 Å². The number of nitrogens with zero attached hydrogens (tertiary/aromatic N) is 2. The first-order valence-corrected chi connectivity index (χ1v) is 4.87. The van der Waals surface area contributed by atoms with Crippen molar-refractivity contribution >= 4 is 5.69 Å². The second kappa shape index (κ2) is 3.26. The maximum atomic E-state index is 12.6. The van der Waals surface area contributed by atoms with Gasteiger partial charge in [0, 0.05) is 6.20 Å². The van der Waals surface area contributed by atoms with E-state index in [1.807, 2.05) is 0 Å². The molecule has 2 N–H and O–H groups in total. The largest absolute Gasteiger partial charge is 0.397 e. The maximum absolute atomic E-state index is 12.6. The van der Waals surface area contributed by atoms with Gasteiger partial charge < -0.3 is 5.73 Å². The van der Waals surface area contributed by atoms with Crippen molar-refractivity contribution in [3.8, 4) is 0 Å². The monoisotopic (exact) mass is 231 g/mol. The van der Waals surface area contributed by atoms with E-state index in [0.29, 0.717) is 17.0 Å². The molecule has 6 heteroatoms. The fourth-order valence-corrected chi connectivity index (χ4v) is 1.92. The van der Waals surface area contributed by atoms with E-state index in [1.54, 1.807) is 13.8 Å². The van der Waals surface area contributed by atoms with E-state index >= 15 is 0 Å². The third kappa shape index (κ3) is 1.58. The first-order chi connectivity index (χ1) is 7.30. The van der Waals surface area contributed by atoms with E-state index in [0.717, 1.165) is 0 Å². The molecule has 1 heterocycles. The minimum absolute atomic E-state index is 0.417. The number of alkyl halides is 3. The fourth-order valence-electron chi connectivity index (χ4n) is 1.92. The summed E-state index contributed by atoms with van der Waals surface area (Å²) in [7, 11) is 0. The Morgan fingerprint density at radius 1 is 1.38 bits per heavy atom. The van der Waals surface area contributed by atoms with E-state index < -0.39 is 18.1 Å². The number of nitrogen functional groups attached to an aromatic ring is 1. The molecule has 0 saturated carbocycles. The highest BCUT2D eigenvalue weighted by Crippen LogP contribution is 2.47. The number of hydrogen-bond donors (Lipinski definition) is 1. The molecule has 0 aromatic carbocycles. The van der Waals surface area contributed by atoms with Gasteiger partial charge in [0.15, 0.2) is 0 Å². The van der Waals surface area contributed by atoms with Gasteiger partial charge in [0.05, 0.1) is 23.3 Å². The van der Waals surface area contributed by atoms with Gasteiger partial charge >= 0.3 is 6.18 Å². The average molecular weight is 231 g/mol. The van der Waals surface area contributed by atoms with Crippen LogP contribution in [0.3, 0.4) is 0 Å². The molecule has 1 aromatic rings. The number of aromatic nitrogens is 2. The summed E-state index contributed by atoms with van der Waals surface area (Å²) in [4.78, 5) is 0. The zero-order valence-electron chi connectivity index (χ0n) is 8.92. The Kier molecular flexibility index (Phi) is 2.25. The molecule has 3 nitrogen and oxygen atoms in total. The minimum Gasteiger partial charge on any atom is -0.396 e. The molecule has 1 aromatic heterocycles. The molecule has 0 saturated heterocycles. The standard InChI is InChI=1S/C10H12F3N3/c1-5-3-7(10(11,12)13)9(5)16-4-8(14)6(2)15-16/h3-4,7,9H,14H2,1-2H3/t7?,9-/m0/s1. The predicted molar refractivity (Wildman–Crippen MR) is 53.7 cm³/mol. The van der Waals surface area contributed by atoms with Crippen molar-refractivity contribution in [2.24, 2.45) is 5.92 Å². The Labute approximate surface area is 90.7 Å². The van der Waals surface area contributed by atoms with Crippen LogP contribution in [0.2, 0.25) is 0 Å². The summed E-state index contributed by atoms with van der Waals surface area (Å²) in [5.41, 5.74) is 7.22. The van der Waals surface area contributed by atoms with Crippen LogP contribution in [-0.2, 0) is 0 Å². The topological polar surface area (TPSA) is 43.8 Å². The fraction of sp³-hybridized carbons (Fsp3) is 0.500. The molecule has 0 amide bonds. The highest BCUT2D eigenvalue weighted by Gasteiger charge is 2.50. The highest BCUT2D eigenvalue weighted by atomic mass is 19.4. The minimum atomic E-state index is -4.22. The SMILES string of the molecule is CC1=CC(C(F)(F)F)[C@H]1n1cc(N)c(C)n1. The smallest absolute Gasteiger partial charge is 0.396 e. The van der Waals surface area contributed by atoms with Crippen LogP contribution in [0.1, 0.15) is 18.7 Å². The summed E-state index contributed by atoms with van der Waals surface area (Å²) in [5, 5.41) is 4.00. The summed E-state index contributed by atoms with van der Waals surface area (Å²) in [5.74, 6) is -1.45. The number of rotatable bonds is 1. The number of hydrogen-bond acceptors (Lipinski definition) is 2. The molecule has 1 aliphatic rings. The van der Waals surface area contributed by atoms with Crippen molar-refractivity contribution in [2.75, 3.05) is 5.73 Å². The van der Waals surface area contributed by atoms with Gasteiger partial charge in [0.2, 0.25) is 0 Å². The van der Waals surface area contributed by atoms with Crippen LogP contribution in [0.5, 0.6) is 0 Å².